The minimum Gasteiger partial charge on any atom is -0.497 e. The number of piperidine rings is 1. The second-order valence-electron chi connectivity index (χ2n) is 18.3. The van der Waals surface area contributed by atoms with Crippen molar-refractivity contribution in [3.8, 4) is 40.3 Å². The van der Waals surface area contributed by atoms with E-state index in [0.29, 0.717) is 62.1 Å². The van der Waals surface area contributed by atoms with Crippen molar-refractivity contribution in [2.75, 3.05) is 82.9 Å². The number of hydrogen-bond donors (Lipinski definition) is 1. The summed E-state index contributed by atoms with van der Waals surface area (Å²) in [5, 5.41) is 3.03. The first kappa shape index (κ1) is 52.6. The highest BCUT2D eigenvalue weighted by molar-refractivity contribution is 6.36. The summed E-state index contributed by atoms with van der Waals surface area (Å²) in [5.41, 5.74) is 0.0343. The van der Waals surface area contributed by atoms with Crippen molar-refractivity contribution in [2.24, 2.45) is 0 Å². The number of hydrogen-bond acceptors (Lipinski definition) is 15. The predicted octanol–water partition coefficient (Wildman–Crippen LogP) is 10.9. The van der Waals surface area contributed by atoms with Gasteiger partial charge in [-0.2, -0.15) is 23.1 Å². The first-order valence-corrected chi connectivity index (χ1v) is 24.9. The number of aromatic nitrogens is 5. The van der Waals surface area contributed by atoms with Crippen molar-refractivity contribution in [1.29, 1.82) is 0 Å². The predicted molar refractivity (Wildman–Crippen MR) is 279 cm³/mol. The van der Waals surface area contributed by atoms with Crippen LogP contribution in [0.4, 0.5) is 35.0 Å². The Morgan fingerprint density at radius 3 is 2.00 bits per heavy atom. The van der Waals surface area contributed by atoms with E-state index < -0.39 is 39.9 Å². The molecule has 5 heterocycles. The fourth-order valence-corrected chi connectivity index (χ4v) is 9.85. The molecular weight excluding hydrogens is 994 g/mol. The first-order chi connectivity index (χ1) is 36.3. The van der Waals surface area contributed by atoms with Crippen LogP contribution in [0.5, 0.6) is 29.0 Å². The van der Waals surface area contributed by atoms with E-state index in [0.717, 1.165) is 29.0 Å². The average molecular weight is 1050 g/mol. The smallest absolute Gasteiger partial charge is 0.418 e. The van der Waals surface area contributed by atoms with Crippen LogP contribution < -0.4 is 38.8 Å². The molecule has 7 aromatic rings. The van der Waals surface area contributed by atoms with Crippen LogP contribution in [0, 0.1) is 12.7 Å². The van der Waals surface area contributed by atoms with Gasteiger partial charge in [0.2, 0.25) is 0 Å². The molecule has 3 aromatic heterocycles. The summed E-state index contributed by atoms with van der Waals surface area (Å²) >= 11 is 7.29. The lowest BCUT2D eigenvalue weighted by molar-refractivity contribution is -0.137. The maximum atomic E-state index is 18.3. The van der Waals surface area contributed by atoms with Gasteiger partial charge in [-0.1, -0.05) is 48.0 Å². The zero-order valence-corrected chi connectivity index (χ0v) is 43.3. The van der Waals surface area contributed by atoms with E-state index in [1.165, 1.54) is 13.0 Å². The second kappa shape index (κ2) is 23.1. The summed E-state index contributed by atoms with van der Waals surface area (Å²) in [7, 11) is 6.39. The molecule has 0 aliphatic carbocycles. The topological polar surface area (TPSA) is 142 Å². The normalized spacial score (nSPS) is 14.5. The van der Waals surface area contributed by atoms with Crippen LogP contribution in [0.3, 0.4) is 0 Å². The van der Waals surface area contributed by atoms with Crippen molar-refractivity contribution in [1.82, 2.24) is 29.8 Å². The van der Waals surface area contributed by atoms with Crippen LogP contribution in [0.2, 0.25) is 5.02 Å². The van der Waals surface area contributed by atoms with Gasteiger partial charge < -0.3 is 48.4 Å². The third-order valence-electron chi connectivity index (χ3n) is 13.5. The molecule has 0 radical (unpaired) electrons. The van der Waals surface area contributed by atoms with Crippen LogP contribution in [0.1, 0.15) is 59.3 Å². The number of rotatable bonds is 19. The molecule has 0 amide bonds. The van der Waals surface area contributed by atoms with E-state index in [-0.39, 0.29) is 72.2 Å². The van der Waals surface area contributed by atoms with Gasteiger partial charge in [0.1, 0.15) is 58.6 Å². The first-order valence-electron chi connectivity index (χ1n) is 24.5. The lowest BCUT2D eigenvalue weighted by Gasteiger charge is -2.32. The lowest BCUT2D eigenvalue weighted by atomic mass is 9.98. The molecule has 15 nitrogen and oxygen atoms in total. The van der Waals surface area contributed by atoms with Gasteiger partial charge in [-0.3, -0.25) is 4.98 Å². The van der Waals surface area contributed by atoms with E-state index in [1.807, 2.05) is 65.3 Å². The van der Waals surface area contributed by atoms with E-state index in [1.54, 1.807) is 65.1 Å². The largest absolute Gasteiger partial charge is 0.497 e. The minimum atomic E-state index is -5.01. The van der Waals surface area contributed by atoms with Crippen molar-refractivity contribution < 1.29 is 46.0 Å². The highest BCUT2D eigenvalue weighted by Gasteiger charge is 2.41. The Hall–Kier alpha value is -7.22. The van der Waals surface area contributed by atoms with Crippen molar-refractivity contribution in [2.45, 2.75) is 64.6 Å². The van der Waals surface area contributed by atoms with Crippen LogP contribution in [0.15, 0.2) is 91.3 Å². The lowest BCUT2D eigenvalue weighted by Crippen LogP contribution is -2.40. The molecule has 1 N–H and O–H groups in total. The quantitative estimate of drug-likeness (QED) is 0.0767. The number of methoxy groups -OCH3 is 4. The average Bonchev–Trinajstić information content (AvgIpc) is 3.66. The molecule has 2 aliphatic heterocycles. The van der Waals surface area contributed by atoms with Crippen molar-refractivity contribution >= 4 is 40.0 Å². The summed E-state index contributed by atoms with van der Waals surface area (Å²) in [5.74, 6) is 1.53. The Morgan fingerprint density at radius 2 is 1.41 bits per heavy atom. The van der Waals surface area contributed by atoms with E-state index in [9.17, 15) is 0 Å². The van der Waals surface area contributed by atoms with Gasteiger partial charge in [-0.15, -0.1) is 0 Å². The Bertz CT molecular complexity index is 3040. The summed E-state index contributed by atoms with van der Waals surface area (Å²) in [4.78, 5) is 29.8. The molecule has 75 heavy (non-hydrogen) atoms. The molecule has 1 saturated heterocycles. The molecule has 0 bridgehead atoms. The number of alkyl halides is 3. The number of pyridine rings is 1. The number of halogens is 5. The van der Waals surface area contributed by atoms with Gasteiger partial charge in [0.05, 0.1) is 67.8 Å². The highest BCUT2D eigenvalue weighted by atomic mass is 35.5. The van der Waals surface area contributed by atoms with Crippen molar-refractivity contribution in [3.05, 3.63) is 136 Å². The Balaban J connectivity index is 1.19. The Labute approximate surface area is 437 Å². The van der Waals surface area contributed by atoms with Gasteiger partial charge in [0, 0.05) is 58.8 Å². The molecule has 0 spiro atoms. The Morgan fingerprint density at radius 1 is 0.813 bits per heavy atom. The number of benzene rings is 4. The highest BCUT2D eigenvalue weighted by Crippen LogP contribution is 2.51. The van der Waals surface area contributed by atoms with Crippen LogP contribution in [0.25, 0.3) is 22.2 Å². The van der Waals surface area contributed by atoms with Gasteiger partial charge in [-0.25, -0.2) is 14.4 Å². The molecule has 9 rings (SSSR count). The second-order valence-corrected chi connectivity index (χ2v) is 18.7. The summed E-state index contributed by atoms with van der Waals surface area (Å²) in [6.45, 7) is 6.91. The van der Waals surface area contributed by atoms with Crippen molar-refractivity contribution in [3.63, 3.8) is 0 Å². The molecule has 1 atom stereocenters. The SMILES string of the molecule is COCCN1CCC(Oc2nc3c4c(c(Cl)c(-c5nc(N(Cc6ccc(OC)cc6)Cc6ccc(OC)cc6)cc(C)c5C(F)(F)F)c(F)c4n2)OCCN3[C@H](C)c2nccnc2NCc2ccc(OC)cc2)CC1. The van der Waals surface area contributed by atoms with Gasteiger partial charge in [0.15, 0.2) is 11.6 Å². The number of likely N-dealkylation sites (tertiary alicyclic amines) is 1. The maximum absolute atomic E-state index is 18.3. The number of aryl methyl sites for hydroxylation is 1. The van der Waals surface area contributed by atoms with Gasteiger partial charge >= 0.3 is 12.2 Å². The molecule has 394 valence electrons. The molecular formula is C55H58ClF4N9O6. The maximum Gasteiger partial charge on any atom is 0.418 e. The number of nitrogens with zero attached hydrogens (tertiary/aromatic N) is 8. The summed E-state index contributed by atoms with van der Waals surface area (Å²) in [6, 6.07) is 22.8. The third kappa shape index (κ3) is 11.7. The van der Waals surface area contributed by atoms with E-state index in [2.05, 4.69) is 20.2 Å². The van der Waals surface area contributed by atoms with Crippen LogP contribution in [-0.4, -0.2) is 104 Å². The molecule has 0 unspecified atom stereocenters. The molecule has 0 saturated carbocycles. The van der Waals surface area contributed by atoms with Gasteiger partial charge in [-0.05, 0) is 91.4 Å². The number of nitrogens with one attached hydrogen (secondary N) is 1. The van der Waals surface area contributed by atoms with E-state index >= 15 is 17.6 Å². The number of ether oxygens (including phenoxy) is 6. The van der Waals surface area contributed by atoms with E-state index in [4.69, 9.17) is 55.0 Å². The Kier molecular flexibility index (Phi) is 16.2. The monoisotopic (exact) mass is 1050 g/mol. The molecule has 4 aromatic carbocycles. The molecule has 2 aliphatic rings. The fraction of sp³-hybridized carbons (Fsp3) is 0.364. The molecule has 20 heteroatoms. The van der Waals surface area contributed by atoms with Crippen LogP contribution in [-0.2, 0) is 30.5 Å². The summed E-state index contributed by atoms with van der Waals surface area (Å²) in [6.07, 6.45) is -0.982. The van der Waals surface area contributed by atoms with Gasteiger partial charge in [0.25, 0.3) is 0 Å². The third-order valence-corrected chi connectivity index (χ3v) is 13.9. The standard InChI is InChI=1S/C55H58ClF4N9O6/c1-33-29-42(68(31-36-9-15-39(72-5)16-10-36)32-37-11-17-40(73-6)18-12-37)64-49(45(33)55(58,59)60)43-46(56)51-44-50(47(43)57)65-54(75-41-19-23-67(24-20-41)25-27-70-3)66-53(44)69(26-28-74-51)34(2)48-52(62-22-21-61-48)63-30-35-7-13-38(71-4)14-8-35/h7-18,21-22,29,34,41H,19-20,23-28,30-32H2,1-6H3,(H,62,63)/t34-/m1/s1. The molecule has 1 fully saturated rings. The summed E-state index contributed by atoms with van der Waals surface area (Å²) < 4.78 is 99.6. The zero-order chi connectivity index (χ0) is 52.8. The van der Waals surface area contributed by atoms with Crippen LogP contribution >= 0.6 is 11.6 Å². The zero-order valence-electron chi connectivity index (χ0n) is 42.5. The fourth-order valence-electron chi connectivity index (χ4n) is 9.53. The minimum absolute atomic E-state index is 0.0400. The number of anilines is 3.